The molecule has 0 saturated heterocycles. The Bertz CT molecular complexity index is 553. The van der Waals surface area contributed by atoms with E-state index in [0.717, 1.165) is 24.2 Å². The minimum absolute atomic E-state index is 0.00579. The van der Waals surface area contributed by atoms with Gasteiger partial charge in [-0.15, -0.1) is 0 Å². The number of hydrogen-bond donors (Lipinski definition) is 1. The zero-order valence-corrected chi connectivity index (χ0v) is 13.5. The van der Waals surface area contributed by atoms with Gasteiger partial charge in [-0.25, -0.2) is 4.79 Å². The summed E-state index contributed by atoms with van der Waals surface area (Å²) >= 11 is 0. The molecule has 1 aliphatic carbocycles. The highest BCUT2D eigenvalue weighted by Gasteiger charge is 2.34. The summed E-state index contributed by atoms with van der Waals surface area (Å²) in [6.45, 7) is 5.35. The van der Waals surface area contributed by atoms with Crippen LogP contribution in [-0.2, 0) is 17.8 Å². The molecule has 22 heavy (non-hydrogen) atoms. The number of nitrogens with one attached hydrogen (secondary N) is 1. The molecule has 1 heterocycles. The van der Waals surface area contributed by atoms with Crippen molar-refractivity contribution in [1.29, 1.82) is 0 Å². The summed E-state index contributed by atoms with van der Waals surface area (Å²) in [5, 5.41) is 3.10. The Morgan fingerprint density at radius 1 is 1.32 bits per heavy atom. The number of nitrogens with zero attached hydrogens (tertiary/aromatic N) is 1. The van der Waals surface area contributed by atoms with Gasteiger partial charge in [-0.3, -0.25) is 0 Å². The molecule has 1 fully saturated rings. The molecule has 1 aromatic carbocycles. The van der Waals surface area contributed by atoms with E-state index >= 15 is 0 Å². The second-order valence-corrected chi connectivity index (χ2v) is 6.38. The van der Waals surface area contributed by atoms with Crippen molar-refractivity contribution in [1.82, 2.24) is 10.2 Å². The highest BCUT2D eigenvalue weighted by atomic mass is 16.5. The molecule has 3 rings (SSSR count). The molecule has 0 spiro atoms. The van der Waals surface area contributed by atoms with E-state index in [4.69, 9.17) is 9.47 Å². The number of hydrogen-bond acceptors (Lipinski definition) is 3. The van der Waals surface area contributed by atoms with Crippen molar-refractivity contribution in [3.63, 3.8) is 0 Å². The predicted molar refractivity (Wildman–Crippen MR) is 83.8 cm³/mol. The molecule has 1 N–H and O–H groups in total. The van der Waals surface area contributed by atoms with Gasteiger partial charge in [0, 0.05) is 18.2 Å². The Balaban J connectivity index is 1.51. The normalized spacial score (nSPS) is 23.2. The first kappa shape index (κ1) is 15.2. The van der Waals surface area contributed by atoms with Crippen LogP contribution in [0.1, 0.15) is 37.8 Å². The van der Waals surface area contributed by atoms with Crippen LogP contribution in [0.3, 0.4) is 0 Å². The van der Waals surface area contributed by atoms with E-state index < -0.39 is 0 Å². The average molecular weight is 304 g/mol. The molecule has 0 radical (unpaired) electrons. The van der Waals surface area contributed by atoms with Gasteiger partial charge in [-0.1, -0.05) is 12.1 Å². The molecule has 120 valence electrons. The summed E-state index contributed by atoms with van der Waals surface area (Å²) in [6, 6.07) is 6.22. The fourth-order valence-electron chi connectivity index (χ4n) is 3.17. The van der Waals surface area contributed by atoms with Crippen LogP contribution >= 0.6 is 0 Å². The van der Waals surface area contributed by atoms with Crippen molar-refractivity contribution in [2.75, 3.05) is 7.11 Å². The van der Waals surface area contributed by atoms with E-state index in [0.29, 0.717) is 19.2 Å². The first-order valence-corrected chi connectivity index (χ1v) is 7.92. The monoisotopic (exact) mass is 304 g/mol. The SMILES string of the molecule is COc1cccc2c1CN(C(=O)NC1CC(OC(C)C)C1)C2. The summed E-state index contributed by atoms with van der Waals surface area (Å²) in [7, 11) is 1.67. The van der Waals surface area contributed by atoms with Crippen molar-refractivity contribution in [3.8, 4) is 5.75 Å². The number of amides is 2. The molecule has 2 amide bonds. The molecular formula is C17H24N2O3. The first-order valence-electron chi connectivity index (χ1n) is 7.92. The standard InChI is InChI=1S/C17H24N2O3/c1-11(2)22-14-7-13(8-14)18-17(20)19-9-12-5-4-6-16(21-3)15(12)10-19/h4-6,11,13-14H,7-10H2,1-3H3,(H,18,20). The highest BCUT2D eigenvalue weighted by molar-refractivity contribution is 5.75. The van der Waals surface area contributed by atoms with E-state index in [1.54, 1.807) is 7.11 Å². The predicted octanol–water partition coefficient (Wildman–Crippen LogP) is 2.68. The molecule has 0 aromatic heterocycles. The van der Waals surface area contributed by atoms with Crippen LogP contribution in [-0.4, -0.2) is 36.3 Å². The zero-order valence-electron chi connectivity index (χ0n) is 13.5. The number of rotatable bonds is 4. The maximum atomic E-state index is 12.4. The molecule has 1 saturated carbocycles. The topological polar surface area (TPSA) is 50.8 Å². The van der Waals surface area contributed by atoms with E-state index in [1.807, 2.05) is 30.9 Å². The molecule has 0 unspecified atom stereocenters. The van der Waals surface area contributed by atoms with Gasteiger partial charge in [0.25, 0.3) is 0 Å². The van der Waals surface area contributed by atoms with Crippen LogP contribution in [0.15, 0.2) is 18.2 Å². The van der Waals surface area contributed by atoms with E-state index in [9.17, 15) is 4.79 Å². The second kappa shape index (κ2) is 6.16. The van der Waals surface area contributed by atoms with Crippen LogP contribution < -0.4 is 10.1 Å². The summed E-state index contributed by atoms with van der Waals surface area (Å²) in [5.41, 5.74) is 2.29. The van der Waals surface area contributed by atoms with E-state index in [2.05, 4.69) is 11.4 Å². The lowest BCUT2D eigenvalue weighted by molar-refractivity contribution is -0.0481. The molecule has 5 heteroatoms. The third-order valence-corrected chi connectivity index (χ3v) is 4.33. The van der Waals surface area contributed by atoms with Gasteiger partial charge in [0.1, 0.15) is 5.75 Å². The molecule has 2 aliphatic rings. The quantitative estimate of drug-likeness (QED) is 0.930. The fraction of sp³-hybridized carbons (Fsp3) is 0.588. The smallest absolute Gasteiger partial charge is 0.318 e. The van der Waals surface area contributed by atoms with Crippen LogP contribution in [0.4, 0.5) is 4.79 Å². The van der Waals surface area contributed by atoms with Gasteiger partial charge in [0.15, 0.2) is 0 Å². The number of urea groups is 1. The number of carbonyl (C=O) groups is 1. The highest BCUT2D eigenvalue weighted by Crippen LogP contribution is 2.31. The van der Waals surface area contributed by atoms with Crippen molar-refractivity contribution in [3.05, 3.63) is 29.3 Å². The average Bonchev–Trinajstić information content (AvgIpc) is 2.88. The third-order valence-electron chi connectivity index (χ3n) is 4.33. The number of methoxy groups -OCH3 is 1. The number of carbonyl (C=O) groups excluding carboxylic acids is 1. The minimum Gasteiger partial charge on any atom is -0.496 e. The summed E-state index contributed by atoms with van der Waals surface area (Å²) in [4.78, 5) is 14.2. The third kappa shape index (κ3) is 3.04. The van der Waals surface area contributed by atoms with Crippen molar-refractivity contribution < 1.29 is 14.3 Å². The van der Waals surface area contributed by atoms with Crippen LogP contribution in [0.2, 0.25) is 0 Å². The molecule has 1 aromatic rings. The largest absolute Gasteiger partial charge is 0.496 e. The fourth-order valence-corrected chi connectivity index (χ4v) is 3.17. The lowest BCUT2D eigenvalue weighted by Crippen LogP contribution is -2.51. The number of fused-ring (bicyclic) bond motifs is 1. The van der Waals surface area contributed by atoms with Gasteiger partial charge in [0.05, 0.1) is 25.9 Å². The maximum absolute atomic E-state index is 12.4. The lowest BCUT2D eigenvalue weighted by atomic mass is 9.89. The van der Waals surface area contributed by atoms with Crippen molar-refractivity contribution in [2.24, 2.45) is 0 Å². The van der Waals surface area contributed by atoms with Gasteiger partial charge < -0.3 is 19.7 Å². The van der Waals surface area contributed by atoms with Crippen molar-refractivity contribution >= 4 is 6.03 Å². The molecular weight excluding hydrogens is 280 g/mol. The Hall–Kier alpha value is -1.75. The van der Waals surface area contributed by atoms with Gasteiger partial charge in [-0.2, -0.15) is 0 Å². The second-order valence-electron chi connectivity index (χ2n) is 6.38. The molecule has 1 aliphatic heterocycles. The van der Waals surface area contributed by atoms with Gasteiger partial charge in [-0.05, 0) is 38.3 Å². The Morgan fingerprint density at radius 2 is 2.09 bits per heavy atom. The van der Waals surface area contributed by atoms with E-state index in [-0.39, 0.29) is 18.2 Å². The lowest BCUT2D eigenvalue weighted by Gasteiger charge is -2.37. The maximum Gasteiger partial charge on any atom is 0.318 e. The Labute approximate surface area is 131 Å². The van der Waals surface area contributed by atoms with Gasteiger partial charge >= 0.3 is 6.03 Å². The van der Waals surface area contributed by atoms with Gasteiger partial charge in [0.2, 0.25) is 0 Å². The Morgan fingerprint density at radius 3 is 2.77 bits per heavy atom. The zero-order chi connectivity index (χ0) is 15.7. The summed E-state index contributed by atoms with van der Waals surface area (Å²) < 4.78 is 11.1. The van der Waals surface area contributed by atoms with E-state index in [1.165, 1.54) is 5.56 Å². The number of benzene rings is 1. The Kier molecular flexibility index (Phi) is 4.25. The molecule has 5 nitrogen and oxygen atoms in total. The van der Waals surface area contributed by atoms with Crippen LogP contribution in [0.5, 0.6) is 5.75 Å². The van der Waals surface area contributed by atoms with Crippen molar-refractivity contribution in [2.45, 2.75) is 58.0 Å². The first-order chi connectivity index (χ1) is 10.6. The summed E-state index contributed by atoms with van der Waals surface area (Å²) in [6.07, 6.45) is 2.37. The van der Waals surface area contributed by atoms with Crippen LogP contribution in [0.25, 0.3) is 0 Å². The number of ether oxygens (including phenoxy) is 2. The summed E-state index contributed by atoms with van der Waals surface area (Å²) in [5.74, 6) is 0.863. The van der Waals surface area contributed by atoms with Crippen LogP contribution in [0, 0.1) is 0 Å². The minimum atomic E-state index is 0.00579. The molecule has 0 atom stereocenters. The molecule has 0 bridgehead atoms.